The summed E-state index contributed by atoms with van der Waals surface area (Å²) in [6.07, 6.45) is 0. The molecule has 4 nitrogen and oxygen atoms in total. The Labute approximate surface area is 145 Å². The van der Waals surface area contributed by atoms with Gasteiger partial charge in [0.25, 0.3) is 0 Å². The molecule has 3 rings (SSSR count). The monoisotopic (exact) mass is 394 g/mol. The van der Waals surface area contributed by atoms with Crippen LogP contribution in [0.25, 0.3) is 22.3 Å². The van der Waals surface area contributed by atoms with Crippen LogP contribution in [0.2, 0.25) is 5.02 Å². The minimum atomic E-state index is -0.221. The maximum Gasteiger partial charge on any atom is 0.197 e. The van der Waals surface area contributed by atoms with Gasteiger partial charge < -0.3 is 13.9 Å². The van der Waals surface area contributed by atoms with Crippen molar-refractivity contribution < 1.29 is 13.9 Å². The Bertz CT molecular complexity index is 949. The van der Waals surface area contributed by atoms with Gasteiger partial charge in [-0.05, 0) is 28.1 Å². The second-order valence-electron chi connectivity index (χ2n) is 4.75. The molecule has 0 unspecified atom stereocenters. The first-order valence-electron chi connectivity index (χ1n) is 6.70. The van der Waals surface area contributed by atoms with Crippen molar-refractivity contribution in [2.45, 2.75) is 0 Å². The smallest absolute Gasteiger partial charge is 0.197 e. The molecule has 0 aliphatic carbocycles. The van der Waals surface area contributed by atoms with Gasteiger partial charge in [-0.15, -0.1) is 0 Å². The van der Waals surface area contributed by atoms with Gasteiger partial charge in [0.2, 0.25) is 0 Å². The molecule has 0 aliphatic heterocycles. The number of methoxy groups -OCH3 is 2. The van der Waals surface area contributed by atoms with E-state index in [1.165, 1.54) is 20.3 Å². The first-order chi connectivity index (χ1) is 11.1. The fourth-order valence-corrected chi connectivity index (χ4v) is 3.14. The van der Waals surface area contributed by atoms with Crippen LogP contribution in [0.3, 0.4) is 0 Å². The van der Waals surface area contributed by atoms with Crippen LogP contribution in [0.5, 0.6) is 11.5 Å². The fourth-order valence-electron chi connectivity index (χ4n) is 2.35. The van der Waals surface area contributed by atoms with Gasteiger partial charge in [0, 0.05) is 17.7 Å². The van der Waals surface area contributed by atoms with E-state index in [9.17, 15) is 4.79 Å². The molecule has 6 heteroatoms. The fraction of sp³-hybridized carbons (Fsp3) is 0.118. The van der Waals surface area contributed by atoms with Gasteiger partial charge in [-0.1, -0.05) is 23.7 Å². The van der Waals surface area contributed by atoms with Crippen LogP contribution in [0.1, 0.15) is 0 Å². The molecule has 0 radical (unpaired) electrons. The largest absolute Gasteiger partial charge is 0.496 e. The maximum absolute atomic E-state index is 12.6. The number of hydrogen-bond acceptors (Lipinski definition) is 4. The van der Waals surface area contributed by atoms with Crippen molar-refractivity contribution in [3.63, 3.8) is 0 Å². The lowest BCUT2D eigenvalue weighted by atomic mass is 10.1. The molecule has 3 aromatic rings. The molecule has 0 saturated carbocycles. The zero-order valence-electron chi connectivity index (χ0n) is 12.4. The van der Waals surface area contributed by atoms with Crippen molar-refractivity contribution in [1.29, 1.82) is 0 Å². The molecular formula is C17H12BrClO4. The molecule has 1 aromatic heterocycles. The molecule has 23 heavy (non-hydrogen) atoms. The summed E-state index contributed by atoms with van der Waals surface area (Å²) in [5.41, 5.74) is 0.770. The Hall–Kier alpha value is -1.98. The molecule has 0 fully saturated rings. The van der Waals surface area contributed by atoms with E-state index in [4.69, 9.17) is 25.5 Å². The third-order valence-electron chi connectivity index (χ3n) is 3.45. The van der Waals surface area contributed by atoms with E-state index in [1.807, 2.05) is 12.1 Å². The summed E-state index contributed by atoms with van der Waals surface area (Å²) in [5, 5.41) is 0.844. The summed E-state index contributed by atoms with van der Waals surface area (Å²) in [7, 11) is 3.02. The normalized spacial score (nSPS) is 10.8. The number of hydrogen-bond donors (Lipinski definition) is 0. The van der Waals surface area contributed by atoms with Gasteiger partial charge in [0.05, 0.1) is 19.2 Å². The van der Waals surface area contributed by atoms with Crippen molar-refractivity contribution >= 4 is 38.5 Å². The van der Waals surface area contributed by atoms with E-state index in [2.05, 4.69) is 15.9 Å². The summed E-state index contributed by atoms with van der Waals surface area (Å²) in [6.45, 7) is 0. The van der Waals surface area contributed by atoms with E-state index in [0.29, 0.717) is 43.3 Å². The second kappa shape index (κ2) is 6.26. The SMILES string of the molecule is COc1cc(OC)c2c(=O)cc(-c3ccccc3Cl)oc2c1Br. The summed E-state index contributed by atoms with van der Waals surface area (Å²) < 4.78 is 17.1. The molecule has 0 amide bonds. The van der Waals surface area contributed by atoms with Gasteiger partial charge in [0.1, 0.15) is 27.1 Å². The first kappa shape index (κ1) is 15.9. The van der Waals surface area contributed by atoms with Crippen LogP contribution in [-0.2, 0) is 0 Å². The predicted molar refractivity (Wildman–Crippen MR) is 93.7 cm³/mol. The molecule has 0 N–H and O–H groups in total. The van der Waals surface area contributed by atoms with Crippen LogP contribution in [-0.4, -0.2) is 14.2 Å². The van der Waals surface area contributed by atoms with Crippen molar-refractivity contribution in [1.82, 2.24) is 0 Å². The lowest BCUT2D eigenvalue weighted by Crippen LogP contribution is -2.04. The van der Waals surface area contributed by atoms with Crippen LogP contribution in [0.4, 0.5) is 0 Å². The zero-order chi connectivity index (χ0) is 16.6. The second-order valence-corrected chi connectivity index (χ2v) is 5.95. The van der Waals surface area contributed by atoms with Crippen molar-refractivity contribution in [3.05, 3.63) is 56.1 Å². The molecule has 0 spiro atoms. The number of halogens is 2. The Morgan fingerprint density at radius 3 is 2.43 bits per heavy atom. The molecule has 0 bridgehead atoms. The average molecular weight is 396 g/mol. The maximum atomic E-state index is 12.6. The molecule has 1 heterocycles. The predicted octanol–water partition coefficient (Wildman–Crippen LogP) is 4.89. The molecular weight excluding hydrogens is 384 g/mol. The van der Waals surface area contributed by atoms with Crippen LogP contribution < -0.4 is 14.9 Å². The number of fused-ring (bicyclic) bond motifs is 1. The van der Waals surface area contributed by atoms with Crippen molar-refractivity contribution in [3.8, 4) is 22.8 Å². The van der Waals surface area contributed by atoms with Crippen molar-refractivity contribution in [2.75, 3.05) is 14.2 Å². The standard InChI is InChI=1S/C17H12BrClO4/c1-21-13-8-14(22-2)16(18)17-15(13)11(20)7-12(23-17)9-5-3-4-6-10(9)19/h3-8H,1-2H3. The number of rotatable bonds is 3. The van der Waals surface area contributed by atoms with Crippen LogP contribution >= 0.6 is 27.5 Å². The lowest BCUT2D eigenvalue weighted by Gasteiger charge is -2.12. The molecule has 2 aromatic carbocycles. The number of ether oxygens (including phenoxy) is 2. The Morgan fingerprint density at radius 2 is 1.78 bits per heavy atom. The molecule has 0 atom stereocenters. The van der Waals surface area contributed by atoms with Gasteiger partial charge in [0.15, 0.2) is 11.0 Å². The highest BCUT2D eigenvalue weighted by atomic mass is 79.9. The van der Waals surface area contributed by atoms with E-state index in [0.717, 1.165) is 0 Å². The van der Waals surface area contributed by atoms with E-state index >= 15 is 0 Å². The third-order valence-corrected chi connectivity index (χ3v) is 4.53. The minimum absolute atomic E-state index is 0.221. The Balaban J connectivity index is 2.40. The quantitative estimate of drug-likeness (QED) is 0.633. The summed E-state index contributed by atoms with van der Waals surface area (Å²) in [5.74, 6) is 1.28. The van der Waals surface area contributed by atoms with E-state index in [1.54, 1.807) is 18.2 Å². The highest BCUT2D eigenvalue weighted by Crippen LogP contribution is 2.39. The topological polar surface area (TPSA) is 48.7 Å². The zero-order valence-corrected chi connectivity index (χ0v) is 14.7. The van der Waals surface area contributed by atoms with Crippen molar-refractivity contribution in [2.24, 2.45) is 0 Å². The lowest BCUT2D eigenvalue weighted by molar-refractivity contribution is 0.394. The van der Waals surface area contributed by atoms with Gasteiger partial charge in [-0.3, -0.25) is 4.79 Å². The van der Waals surface area contributed by atoms with E-state index < -0.39 is 0 Å². The Kier molecular flexibility index (Phi) is 4.33. The third kappa shape index (κ3) is 2.71. The molecule has 0 saturated heterocycles. The summed E-state index contributed by atoms with van der Waals surface area (Å²) >= 11 is 9.61. The summed E-state index contributed by atoms with van der Waals surface area (Å²) in [4.78, 5) is 12.6. The van der Waals surface area contributed by atoms with Crippen LogP contribution in [0, 0.1) is 0 Å². The summed E-state index contributed by atoms with van der Waals surface area (Å²) in [6, 6.07) is 10.2. The first-order valence-corrected chi connectivity index (χ1v) is 7.87. The number of benzene rings is 2. The Morgan fingerprint density at radius 1 is 1.09 bits per heavy atom. The van der Waals surface area contributed by atoms with E-state index in [-0.39, 0.29) is 5.43 Å². The molecule has 118 valence electrons. The highest BCUT2D eigenvalue weighted by Gasteiger charge is 2.19. The van der Waals surface area contributed by atoms with Gasteiger partial charge in [-0.25, -0.2) is 0 Å². The minimum Gasteiger partial charge on any atom is -0.496 e. The highest BCUT2D eigenvalue weighted by molar-refractivity contribution is 9.10. The molecule has 0 aliphatic rings. The van der Waals surface area contributed by atoms with Crippen LogP contribution in [0.15, 0.2) is 50.1 Å². The van der Waals surface area contributed by atoms with Gasteiger partial charge in [-0.2, -0.15) is 0 Å². The van der Waals surface area contributed by atoms with Gasteiger partial charge >= 0.3 is 0 Å². The average Bonchev–Trinajstić information content (AvgIpc) is 2.56.